The lowest BCUT2D eigenvalue weighted by Gasteiger charge is -2.30. The molecule has 3 aromatic rings. The first-order valence-corrected chi connectivity index (χ1v) is 8.31. The van der Waals surface area contributed by atoms with Gasteiger partial charge in [0, 0.05) is 12.7 Å². The molecule has 1 aromatic heterocycles. The molecule has 0 saturated heterocycles. The standard InChI is InChI=1S/C18H18N2S/c1-3-18-19(2)16-6-4-5-7-17(16)20(18)15-9-8-13-11-21-12-14(13)10-15/h4-12,18H,3H2,1-2H3. The molecule has 21 heavy (non-hydrogen) atoms. The number of para-hydroxylation sites is 2. The Labute approximate surface area is 129 Å². The van der Waals surface area contributed by atoms with Crippen molar-refractivity contribution in [1.29, 1.82) is 0 Å². The molecular weight excluding hydrogens is 276 g/mol. The number of hydrogen-bond donors (Lipinski definition) is 0. The molecule has 0 amide bonds. The quantitative estimate of drug-likeness (QED) is 0.639. The highest BCUT2D eigenvalue weighted by molar-refractivity contribution is 7.09. The van der Waals surface area contributed by atoms with Crippen molar-refractivity contribution in [2.45, 2.75) is 19.5 Å². The lowest BCUT2D eigenvalue weighted by molar-refractivity contribution is 0.647. The second kappa shape index (κ2) is 4.78. The van der Waals surface area contributed by atoms with Crippen LogP contribution in [0, 0.1) is 0 Å². The molecule has 0 fully saturated rings. The van der Waals surface area contributed by atoms with Crippen LogP contribution in [0.3, 0.4) is 0 Å². The third-order valence-corrected chi connectivity index (χ3v) is 5.15. The summed E-state index contributed by atoms with van der Waals surface area (Å²) >= 11 is 1.77. The van der Waals surface area contributed by atoms with Crippen LogP contribution in [0.15, 0.2) is 53.2 Å². The molecule has 0 radical (unpaired) electrons. The van der Waals surface area contributed by atoms with Crippen molar-refractivity contribution in [3.05, 3.63) is 53.2 Å². The summed E-state index contributed by atoms with van der Waals surface area (Å²) in [6, 6.07) is 15.5. The largest absolute Gasteiger partial charge is 0.352 e. The molecular formula is C18H18N2S. The van der Waals surface area contributed by atoms with Crippen LogP contribution >= 0.6 is 11.3 Å². The van der Waals surface area contributed by atoms with Gasteiger partial charge in [-0.15, -0.1) is 0 Å². The number of hydrogen-bond acceptors (Lipinski definition) is 3. The van der Waals surface area contributed by atoms with Crippen molar-refractivity contribution >= 4 is 39.2 Å². The van der Waals surface area contributed by atoms with Crippen LogP contribution in [0.5, 0.6) is 0 Å². The Morgan fingerprint density at radius 3 is 2.57 bits per heavy atom. The summed E-state index contributed by atoms with van der Waals surface area (Å²) < 4.78 is 0. The fourth-order valence-corrected chi connectivity index (χ4v) is 4.11. The SMILES string of the molecule is CCC1N(C)c2ccccc2N1c1ccc2cscc2c1. The highest BCUT2D eigenvalue weighted by atomic mass is 32.1. The fourth-order valence-electron chi connectivity index (χ4n) is 3.33. The van der Waals surface area contributed by atoms with Gasteiger partial charge in [-0.1, -0.05) is 25.1 Å². The maximum Gasteiger partial charge on any atom is 0.106 e. The summed E-state index contributed by atoms with van der Waals surface area (Å²) in [5.74, 6) is 0. The Kier molecular flexibility index (Phi) is 2.89. The van der Waals surface area contributed by atoms with Gasteiger partial charge in [0.25, 0.3) is 0 Å². The van der Waals surface area contributed by atoms with Crippen molar-refractivity contribution < 1.29 is 0 Å². The lowest BCUT2D eigenvalue weighted by Crippen LogP contribution is -2.37. The minimum absolute atomic E-state index is 0.387. The van der Waals surface area contributed by atoms with Gasteiger partial charge >= 0.3 is 0 Å². The number of rotatable bonds is 2. The van der Waals surface area contributed by atoms with Crippen LogP contribution in [0.4, 0.5) is 17.1 Å². The Bertz CT molecular complexity index is 793. The van der Waals surface area contributed by atoms with Crippen molar-refractivity contribution in [3.63, 3.8) is 0 Å². The van der Waals surface area contributed by atoms with Gasteiger partial charge in [0.2, 0.25) is 0 Å². The number of thiophene rings is 1. The Morgan fingerprint density at radius 1 is 1.00 bits per heavy atom. The molecule has 1 aliphatic heterocycles. The topological polar surface area (TPSA) is 6.48 Å². The minimum atomic E-state index is 0.387. The van der Waals surface area contributed by atoms with E-state index in [9.17, 15) is 0 Å². The average Bonchev–Trinajstić information content (AvgIpc) is 3.09. The van der Waals surface area contributed by atoms with Gasteiger partial charge in [0.15, 0.2) is 0 Å². The number of fused-ring (bicyclic) bond motifs is 2. The van der Waals surface area contributed by atoms with E-state index < -0.39 is 0 Å². The normalized spacial score (nSPS) is 17.5. The average molecular weight is 294 g/mol. The predicted octanol–water partition coefficient (Wildman–Crippen LogP) is 5.23. The molecule has 1 aliphatic rings. The van der Waals surface area contributed by atoms with E-state index in [0.717, 1.165) is 6.42 Å². The second-order valence-corrected chi connectivity index (χ2v) is 6.29. The molecule has 1 atom stereocenters. The summed E-state index contributed by atoms with van der Waals surface area (Å²) in [7, 11) is 2.19. The first-order chi connectivity index (χ1) is 10.3. The van der Waals surface area contributed by atoms with Crippen molar-refractivity contribution in [3.8, 4) is 0 Å². The summed E-state index contributed by atoms with van der Waals surface area (Å²) in [5.41, 5.74) is 3.90. The molecule has 0 bridgehead atoms. The zero-order valence-corrected chi connectivity index (χ0v) is 13.1. The summed E-state index contributed by atoms with van der Waals surface area (Å²) in [4.78, 5) is 4.85. The Morgan fingerprint density at radius 2 is 1.76 bits per heavy atom. The summed E-state index contributed by atoms with van der Waals surface area (Å²) in [6.07, 6.45) is 1.48. The molecule has 2 heterocycles. The highest BCUT2D eigenvalue weighted by Crippen LogP contribution is 2.44. The predicted molar refractivity (Wildman–Crippen MR) is 92.9 cm³/mol. The van der Waals surface area contributed by atoms with E-state index in [1.165, 1.54) is 27.8 Å². The molecule has 0 saturated carbocycles. The molecule has 4 rings (SSSR count). The fraction of sp³-hybridized carbons (Fsp3) is 0.222. The van der Waals surface area contributed by atoms with Crippen molar-refractivity contribution in [1.82, 2.24) is 0 Å². The van der Waals surface area contributed by atoms with Gasteiger partial charge in [-0.25, -0.2) is 0 Å². The highest BCUT2D eigenvalue weighted by Gasteiger charge is 2.32. The molecule has 0 spiro atoms. The number of benzene rings is 2. The van der Waals surface area contributed by atoms with Gasteiger partial charge < -0.3 is 9.80 Å². The lowest BCUT2D eigenvalue weighted by atomic mass is 10.1. The monoisotopic (exact) mass is 294 g/mol. The smallest absolute Gasteiger partial charge is 0.106 e. The molecule has 2 nitrogen and oxygen atoms in total. The van der Waals surface area contributed by atoms with E-state index in [-0.39, 0.29) is 0 Å². The van der Waals surface area contributed by atoms with E-state index in [2.05, 4.69) is 77.0 Å². The van der Waals surface area contributed by atoms with Gasteiger partial charge in [0.1, 0.15) is 6.17 Å². The van der Waals surface area contributed by atoms with Crippen LogP contribution in [0.2, 0.25) is 0 Å². The van der Waals surface area contributed by atoms with Crippen molar-refractivity contribution in [2.75, 3.05) is 16.8 Å². The van der Waals surface area contributed by atoms with Crippen LogP contribution in [-0.2, 0) is 0 Å². The zero-order valence-electron chi connectivity index (χ0n) is 12.3. The third kappa shape index (κ3) is 1.84. The van der Waals surface area contributed by atoms with Crippen LogP contribution in [-0.4, -0.2) is 13.2 Å². The zero-order chi connectivity index (χ0) is 14.4. The van der Waals surface area contributed by atoms with Gasteiger partial charge in [-0.2, -0.15) is 11.3 Å². The van der Waals surface area contributed by atoms with Crippen LogP contribution in [0.1, 0.15) is 13.3 Å². The minimum Gasteiger partial charge on any atom is -0.352 e. The van der Waals surface area contributed by atoms with Crippen molar-refractivity contribution in [2.24, 2.45) is 0 Å². The summed E-state index contributed by atoms with van der Waals surface area (Å²) in [6.45, 7) is 2.25. The molecule has 106 valence electrons. The first-order valence-electron chi connectivity index (χ1n) is 7.36. The van der Waals surface area contributed by atoms with Gasteiger partial charge in [-0.3, -0.25) is 0 Å². The number of anilines is 3. The third-order valence-electron chi connectivity index (χ3n) is 4.37. The van der Waals surface area contributed by atoms with E-state index in [1.807, 2.05) is 0 Å². The van der Waals surface area contributed by atoms with Gasteiger partial charge in [-0.05, 0) is 52.2 Å². The molecule has 3 heteroatoms. The second-order valence-electron chi connectivity index (χ2n) is 5.54. The Balaban J connectivity index is 1.88. The van der Waals surface area contributed by atoms with E-state index in [0.29, 0.717) is 6.17 Å². The maximum absolute atomic E-state index is 2.46. The van der Waals surface area contributed by atoms with E-state index >= 15 is 0 Å². The maximum atomic E-state index is 2.46. The number of nitrogens with zero attached hydrogens (tertiary/aromatic N) is 2. The molecule has 0 aliphatic carbocycles. The first kappa shape index (κ1) is 12.7. The molecule has 1 unspecified atom stereocenters. The van der Waals surface area contributed by atoms with E-state index in [4.69, 9.17) is 0 Å². The van der Waals surface area contributed by atoms with Crippen LogP contribution < -0.4 is 9.80 Å². The van der Waals surface area contributed by atoms with Crippen LogP contribution in [0.25, 0.3) is 10.8 Å². The van der Waals surface area contributed by atoms with E-state index in [1.54, 1.807) is 11.3 Å². The summed E-state index contributed by atoms with van der Waals surface area (Å²) in [5, 5.41) is 7.10. The van der Waals surface area contributed by atoms with Gasteiger partial charge in [0.05, 0.1) is 11.4 Å². The Hall–Kier alpha value is -2.00. The molecule has 0 N–H and O–H groups in total. The molecule has 2 aromatic carbocycles.